The molecule has 1 heterocycles. The highest BCUT2D eigenvalue weighted by Gasteiger charge is 2.39. The van der Waals surface area contributed by atoms with E-state index < -0.39 is 48.9 Å². The number of rotatable bonds is 6. The van der Waals surface area contributed by atoms with Crippen molar-refractivity contribution in [3.8, 4) is 0 Å². The van der Waals surface area contributed by atoms with Crippen LogP contribution in [0.25, 0.3) is 0 Å². The fraction of sp³-hybridized carbons (Fsp3) is 0.222. The lowest BCUT2D eigenvalue weighted by molar-refractivity contribution is -0.137. The first kappa shape index (κ1) is 26.9. The Hall–Kier alpha value is -4.15. The molecule has 3 aromatic rings. The van der Waals surface area contributed by atoms with Gasteiger partial charge in [-0.1, -0.05) is 60.7 Å². The molecule has 0 saturated carbocycles. The van der Waals surface area contributed by atoms with Crippen molar-refractivity contribution in [1.82, 2.24) is 5.32 Å². The minimum Gasteiger partial charge on any atom is -0.353 e. The lowest BCUT2D eigenvalue weighted by Crippen LogP contribution is -2.47. The Morgan fingerprint density at radius 3 is 2.13 bits per heavy atom. The second-order valence-corrected chi connectivity index (χ2v) is 8.59. The second kappa shape index (κ2) is 10.7. The Morgan fingerprint density at radius 2 is 1.50 bits per heavy atom. The minimum atomic E-state index is -4.70. The monoisotopic (exact) mass is 533 g/mol. The third kappa shape index (κ3) is 6.39. The van der Waals surface area contributed by atoms with Gasteiger partial charge in [-0.05, 0) is 23.8 Å². The third-order valence-corrected chi connectivity index (χ3v) is 5.81. The van der Waals surface area contributed by atoms with Crippen molar-refractivity contribution in [3.05, 3.63) is 101 Å². The molecule has 0 aliphatic carbocycles. The van der Waals surface area contributed by atoms with Gasteiger partial charge in [-0.15, -0.1) is 0 Å². The molecular formula is C27H21F6N3O2. The van der Waals surface area contributed by atoms with E-state index in [1.807, 2.05) is 0 Å². The van der Waals surface area contributed by atoms with Crippen LogP contribution in [0.1, 0.15) is 22.3 Å². The van der Waals surface area contributed by atoms with E-state index in [2.05, 4.69) is 10.3 Å². The van der Waals surface area contributed by atoms with Gasteiger partial charge in [-0.2, -0.15) is 26.3 Å². The number of halogens is 6. The predicted molar refractivity (Wildman–Crippen MR) is 129 cm³/mol. The molecule has 1 aliphatic heterocycles. The van der Waals surface area contributed by atoms with Crippen LogP contribution >= 0.6 is 0 Å². The maximum absolute atomic E-state index is 13.5. The molecular weight excluding hydrogens is 512 g/mol. The number of hydrogen-bond donors (Lipinski definition) is 1. The fourth-order valence-electron chi connectivity index (χ4n) is 4.06. The number of carbonyl (C=O) groups excluding carboxylic acids is 2. The van der Waals surface area contributed by atoms with Gasteiger partial charge in [0.25, 0.3) is 5.91 Å². The average Bonchev–Trinajstić information content (AvgIpc) is 2.97. The number of nitrogens with one attached hydrogen (secondary N) is 1. The Labute approximate surface area is 213 Å². The highest BCUT2D eigenvalue weighted by Crippen LogP contribution is 2.31. The van der Waals surface area contributed by atoms with Crippen molar-refractivity contribution >= 4 is 23.2 Å². The first-order chi connectivity index (χ1) is 17.9. The van der Waals surface area contributed by atoms with Gasteiger partial charge in [-0.3, -0.25) is 14.6 Å². The molecule has 38 heavy (non-hydrogen) atoms. The van der Waals surface area contributed by atoms with Crippen molar-refractivity contribution in [1.29, 1.82) is 0 Å². The van der Waals surface area contributed by atoms with Gasteiger partial charge in [0.1, 0.15) is 12.6 Å². The van der Waals surface area contributed by atoms with Crippen LogP contribution < -0.4 is 10.2 Å². The van der Waals surface area contributed by atoms with Gasteiger partial charge in [0, 0.05) is 17.7 Å². The van der Waals surface area contributed by atoms with Gasteiger partial charge >= 0.3 is 12.4 Å². The molecule has 0 spiro atoms. The Kier molecular flexibility index (Phi) is 7.56. The van der Waals surface area contributed by atoms with Gasteiger partial charge in [-0.25, -0.2) is 0 Å². The molecule has 0 bridgehead atoms. The largest absolute Gasteiger partial charge is 0.416 e. The van der Waals surface area contributed by atoms with Gasteiger partial charge in [0.2, 0.25) is 5.91 Å². The number of anilines is 1. The predicted octanol–water partition coefficient (Wildman–Crippen LogP) is 5.18. The van der Waals surface area contributed by atoms with Crippen molar-refractivity contribution in [2.45, 2.75) is 24.8 Å². The van der Waals surface area contributed by atoms with Gasteiger partial charge in [0.05, 0.1) is 23.4 Å². The SMILES string of the molecule is O=C(Cc1ccc(C(F)(F)F)cc1)NC[C@@H]1N=C(c2ccccc2)c2ccccc2N(CC(F)(F)F)C1=O. The first-order valence-corrected chi connectivity index (χ1v) is 11.5. The van der Waals surface area contributed by atoms with E-state index in [4.69, 9.17) is 0 Å². The molecule has 5 nitrogen and oxygen atoms in total. The van der Waals surface area contributed by atoms with Crippen LogP contribution in [0.2, 0.25) is 0 Å². The molecule has 4 rings (SSSR count). The molecule has 0 saturated heterocycles. The van der Waals surface area contributed by atoms with E-state index in [1.165, 1.54) is 12.1 Å². The number of benzodiazepines with no additional fused rings is 1. The Balaban J connectivity index is 1.61. The lowest BCUT2D eigenvalue weighted by Gasteiger charge is -2.26. The highest BCUT2D eigenvalue weighted by atomic mass is 19.4. The van der Waals surface area contributed by atoms with Gasteiger partial charge in [0.15, 0.2) is 0 Å². The molecule has 0 aromatic heterocycles. The minimum absolute atomic E-state index is 0.0380. The number of fused-ring (bicyclic) bond motifs is 1. The maximum atomic E-state index is 13.5. The Bertz CT molecular complexity index is 1340. The summed E-state index contributed by atoms with van der Waals surface area (Å²) in [5.74, 6) is -1.58. The summed E-state index contributed by atoms with van der Waals surface area (Å²) in [6.07, 6.45) is -9.51. The van der Waals surface area contributed by atoms with Crippen LogP contribution in [0.3, 0.4) is 0 Å². The highest BCUT2D eigenvalue weighted by molar-refractivity contribution is 6.20. The summed E-state index contributed by atoms with van der Waals surface area (Å²) in [7, 11) is 0. The van der Waals surface area contributed by atoms with E-state index in [9.17, 15) is 35.9 Å². The molecule has 1 aliphatic rings. The van der Waals surface area contributed by atoms with Crippen LogP contribution in [0, 0.1) is 0 Å². The quantitative estimate of drug-likeness (QED) is 0.444. The van der Waals surface area contributed by atoms with E-state index in [0.717, 1.165) is 24.3 Å². The smallest absolute Gasteiger partial charge is 0.353 e. The molecule has 3 aromatic carbocycles. The van der Waals surface area contributed by atoms with Crippen molar-refractivity contribution in [2.24, 2.45) is 4.99 Å². The summed E-state index contributed by atoms with van der Waals surface area (Å²) in [5.41, 5.74) is 0.662. The summed E-state index contributed by atoms with van der Waals surface area (Å²) in [4.78, 5) is 30.9. The molecule has 198 valence electrons. The zero-order valence-corrected chi connectivity index (χ0v) is 19.7. The van der Waals surface area contributed by atoms with Crippen LogP contribution in [-0.4, -0.2) is 42.8 Å². The van der Waals surface area contributed by atoms with Gasteiger partial charge < -0.3 is 10.2 Å². The molecule has 1 atom stereocenters. The van der Waals surface area contributed by atoms with Crippen LogP contribution in [0.4, 0.5) is 32.0 Å². The van der Waals surface area contributed by atoms with E-state index in [-0.39, 0.29) is 12.1 Å². The zero-order chi connectivity index (χ0) is 27.5. The fourth-order valence-corrected chi connectivity index (χ4v) is 4.06. The van der Waals surface area contributed by atoms with Crippen LogP contribution in [0.5, 0.6) is 0 Å². The first-order valence-electron chi connectivity index (χ1n) is 11.5. The molecule has 0 fully saturated rings. The lowest BCUT2D eigenvalue weighted by atomic mass is 10.0. The summed E-state index contributed by atoms with van der Waals surface area (Å²) in [5, 5.41) is 2.49. The summed E-state index contributed by atoms with van der Waals surface area (Å²) >= 11 is 0. The number of nitrogens with zero attached hydrogens (tertiary/aromatic N) is 2. The maximum Gasteiger partial charge on any atom is 0.416 e. The number of amides is 2. The zero-order valence-electron chi connectivity index (χ0n) is 19.7. The number of carbonyl (C=O) groups is 2. The third-order valence-electron chi connectivity index (χ3n) is 5.81. The van der Waals surface area contributed by atoms with Crippen molar-refractivity contribution in [3.63, 3.8) is 0 Å². The summed E-state index contributed by atoms with van der Waals surface area (Å²) in [6, 6.07) is 17.4. The Morgan fingerprint density at radius 1 is 0.868 bits per heavy atom. The van der Waals surface area contributed by atoms with E-state index in [0.29, 0.717) is 27.3 Å². The normalized spacial score (nSPS) is 15.9. The number of para-hydroxylation sites is 1. The molecule has 2 amide bonds. The summed E-state index contributed by atoms with van der Waals surface area (Å²) in [6.45, 7) is -1.95. The molecule has 1 N–H and O–H groups in total. The van der Waals surface area contributed by atoms with Crippen molar-refractivity contribution < 1.29 is 35.9 Å². The number of hydrogen-bond acceptors (Lipinski definition) is 3. The van der Waals surface area contributed by atoms with Crippen molar-refractivity contribution in [2.75, 3.05) is 18.0 Å². The molecule has 0 radical (unpaired) electrons. The average molecular weight is 533 g/mol. The topological polar surface area (TPSA) is 61.8 Å². The second-order valence-electron chi connectivity index (χ2n) is 8.59. The number of alkyl halides is 6. The molecule has 11 heteroatoms. The summed E-state index contributed by atoms with van der Waals surface area (Å²) < 4.78 is 78.7. The number of aliphatic imine (C=N–C) groups is 1. The van der Waals surface area contributed by atoms with Crippen LogP contribution in [-0.2, 0) is 22.2 Å². The van der Waals surface area contributed by atoms with E-state index >= 15 is 0 Å². The van der Waals surface area contributed by atoms with Crippen LogP contribution in [0.15, 0.2) is 83.9 Å². The van der Waals surface area contributed by atoms with E-state index in [1.54, 1.807) is 42.5 Å². The molecule has 0 unspecified atom stereocenters. The standard InChI is InChI=1S/C27H21F6N3O2/c28-26(29,30)16-36-22-9-5-4-8-20(22)24(18-6-2-1-3-7-18)35-21(25(36)38)15-34-23(37)14-17-10-12-19(13-11-17)27(31,32)33/h1-13,21H,14-16H2,(H,34,37)/t21-/m0/s1. The number of benzene rings is 3.